The fourth-order valence-electron chi connectivity index (χ4n) is 1.84. The molecule has 0 amide bonds. The topological polar surface area (TPSA) is 40.7 Å². The minimum Gasteiger partial charge on any atom is -0.344 e. The normalized spacial score (nSPS) is 26.1. The molecular formula is C11H19N3. The number of imidazole rings is 1. The maximum Gasteiger partial charge on any atom is 0.109 e. The molecule has 1 aliphatic carbocycles. The van der Waals surface area contributed by atoms with Gasteiger partial charge in [0.25, 0.3) is 0 Å². The number of aromatic nitrogens is 2. The first-order chi connectivity index (χ1) is 6.54. The van der Waals surface area contributed by atoms with E-state index in [1.54, 1.807) is 0 Å². The van der Waals surface area contributed by atoms with E-state index >= 15 is 0 Å². The highest BCUT2D eigenvalue weighted by atomic mass is 15.0. The van der Waals surface area contributed by atoms with Crippen molar-refractivity contribution >= 4 is 0 Å². The number of nitrogens with zero attached hydrogens (tertiary/aromatic N) is 1. The Labute approximate surface area is 85.3 Å². The van der Waals surface area contributed by atoms with Crippen LogP contribution in [0.4, 0.5) is 0 Å². The van der Waals surface area contributed by atoms with Crippen molar-refractivity contribution < 1.29 is 0 Å². The molecule has 1 heterocycles. The molecule has 0 aliphatic heterocycles. The Kier molecular flexibility index (Phi) is 2.14. The van der Waals surface area contributed by atoms with Gasteiger partial charge < -0.3 is 10.3 Å². The van der Waals surface area contributed by atoms with Gasteiger partial charge in [-0.05, 0) is 25.8 Å². The Morgan fingerprint density at radius 1 is 1.64 bits per heavy atom. The molecule has 0 radical (unpaired) electrons. The number of H-pyrrole nitrogens is 1. The van der Waals surface area contributed by atoms with Gasteiger partial charge in [-0.2, -0.15) is 0 Å². The predicted molar refractivity (Wildman–Crippen MR) is 57.2 cm³/mol. The first-order valence-electron chi connectivity index (χ1n) is 5.26. The molecule has 2 rings (SSSR count). The minimum atomic E-state index is 0.359. The first kappa shape index (κ1) is 9.71. The lowest BCUT2D eigenvalue weighted by molar-refractivity contribution is 0.605. The highest BCUT2D eigenvalue weighted by Gasteiger charge is 2.48. The molecule has 1 aliphatic rings. The zero-order valence-corrected chi connectivity index (χ0v) is 9.39. The lowest BCUT2D eigenvalue weighted by Crippen LogP contribution is -2.12. The molecule has 0 saturated heterocycles. The second kappa shape index (κ2) is 3.09. The van der Waals surface area contributed by atoms with E-state index in [0.29, 0.717) is 17.4 Å². The largest absolute Gasteiger partial charge is 0.344 e. The van der Waals surface area contributed by atoms with Crippen molar-refractivity contribution in [3.63, 3.8) is 0 Å². The van der Waals surface area contributed by atoms with Crippen LogP contribution in [0.3, 0.4) is 0 Å². The second-order valence-electron chi connectivity index (χ2n) is 4.98. The van der Waals surface area contributed by atoms with E-state index in [2.05, 4.69) is 36.1 Å². The summed E-state index contributed by atoms with van der Waals surface area (Å²) in [5.74, 6) is 1.80. The molecule has 1 saturated carbocycles. The molecule has 78 valence electrons. The minimum absolute atomic E-state index is 0.359. The number of hydrogen-bond acceptors (Lipinski definition) is 2. The molecule has 1 fully saturated rings. The molecule has 2 unspecified atom stereocenters. The third-order valence-electron chi connectivity index (χ3n) is 3.36. The van der Waals surface area contributed by atoms with Crippen molar-refractivity contribution in [3.05, 3.63) is 17.7 Å². The lowest BCUT2D eigenvalue weighted by atomic mass is 10.1. The summed E-state index contributed by atoms with van der Waals surface area (Å²) in [6, 6.07) is 0.359. The van der Waals surface area contributed by atoms with Crippen molar-refractivity contribution in [2.45, 2.75) is 39.2 Å². The van der Waals surface area contributed by atoms with Gasteiger partial charge in [-0.1, -0.05) is 13.8 Å². The average Bonchev–Trinajstić information content (AvgIpc) is 2.64. The molecular weight excluding hydrogens is 174 g/mol. The summed E-state index contributed by atoms with van der Waals surface area (Å²) >= 11 is 0. The molecule has 1 aromatic rings. The maximum atomic E-state index is 4.45. The van der Waals surface area contributed by atoms with E-state index in [0.717, 1.165) is 5.82 Å². The van der Waals surface area contributed by atoms with Gasteiger partial charge in [0.05, 0.1) is 5.69 Å². The molecule has 3 heteroatoms. The molecule has 0 bridgehead atoms. The quantitative estimate of drug-likeness (QED) is 0.772. The lowest BCUT2D eigenvalue weighted by Gasteiger charge is -2.06. The predicted octanol–water partition coefficient (Wildman–Crippen LogP) is 2.20. The molecule has 0 spiro atoms. The van der Waals surface area contributed by atoms with Crippen LogP contribution >= 0.6 is 0 Å². The van der Waals surface area contributed by atoms with Crippen molar-refractivity contribution in [2.75, 3.05) is 7.05 Å². The summed E-state index contributed by atoms with van der Waals surface area (Å²) in [7, 11) is 1.96. The van der Waals surface area contributed by atoms with E-state index in [1.165, 1.54) is 12.1 Å². The van der Waals surface area contributed by atoms with Crippen LogP contribution in [-0.4, -0.2) is 17.0 Å². The van der Waals surface area contributed by atoms with Crippen LogP contribution in [0.2, 0.25) is 0 Å². The molecule has 3 nitrogen and oxygen atoms in total. The van der Waals surface area contributed by atoms with E-state index in [9.17, 15) is 0 Å². The smallest absolute Gasteiger partial charge is 0.109 e. The van der Waals surface area contributed by atoms with Crippen molar-refractivity contribution in [1.29, 1.82) is 0 Å². The van der Waals surface area contributed by atoms with Gasteiger partial charge in [0.2, 0.25) is 0 Å². The van der Waals surface area contributed by atoms with Crippen molar-refractivity contribution in [3.8, 4) is 0 Å². The van der Waals surface area contributed by atoms with Crippen LogP contribution in [0.25, 0.3) is 0 Å². The van der Waals surface area contributed by atoms with Crippen LogP contribution in [-0.2, 0) is 0 Å². The van der Waals surface area contributed by atoms with Crippen LogP contribution < -0.4 is 5.32 Å². The van der Waals surface area contributed by atoms with Crippen LogP contribution in [0.5, 0.6) is 0 Å². The summed E-state index contributed by atoms with van der Waals surface area (Å²) in [4.78, 5) is 7.86. The summed E-state index contributed by atoms with van der Waals surface area (Å²) in [6.45, 7) is 6.72. The zero-order valence-electron chi connectivity index (χ0n) is 9.39. The molecule has 1 aromatic heterocycles. The van der Waals surface area contributed by atoms with Crippen LogP contribution in [0.1, 0.15) is 50.7 Å². The number of hydrogen-bond donors (Lipinski definition) is 2. The van der Waals surface area contributed by atoms with Crippen LogP contribution in [0.15, 0.2) is 6.20 Å². The monoisotopic (exact) mass is 193 g/mol. The Balaban J connectivity index is 2.11. The van der Waals surface area contributed by atoms with Gasteiger partial charge in [-0.15, -0.1) is 0 Å². The Bertz CT molecular complexity index is 327. The van der Waals surface area contributed by atoms with Gasteiger partial charge in [-0.25, -0.2) is 4.98 Å². The number of rotatable bonds is 3. The van der Waals surface area contributed by atoms with Gasteiger partial charge in [-0.3, -0.25) is 0 Å². The summed E-state index contributed by atoms with van der Waals surface area (Å²) in [5.41, 5.74) is 1.64. The average molecular weight is 193 g/mol. The van der Waals surface area contributed by atoms with Gasteiger partial charge >= 0.3 is 0 Å². The van der Waals surface area contributed by atoms with Crippen molar-refractivity contribution in [1.82, 2.24) is 15.3 Å². The summed E-state index contributed by atoms with van der Waals surface area (Å²) in [6.07, 6.45) is 3.21. The second-order valence-corrected chi connectivity index (χ2v) is 4.98. The summed E-state index contributed by atoms with van der Waals surface area (Å²) < 4.78 is 0. The number of aromatic amines is 1. The number of nitrogens with one attached hydrogen (secondary N) is 2. The van der Waals surface area contributed by atoms with E-state index in [4.69, 9.17) is 0 Å². The Morgan fingerprint density at radius 2 is 2.29 bits per heavy atom. The molecule has 2 N–H and O–H groups in total. The zero-order chi connectivity index (χ0) is 10.3. The van der Waals surface area contributed by atoms with Gasteiger partial charge in [0, 0.05) is 18.2 Å². The van der Waals surface area contributed by atoms with Gasteiger partial charge in [0.1, 0.15) is 5.82 Å². The van der Waals surface area contributed by atoms with E-state index in [-0.39, 0.29) is 0 Å². The molecule has 2 atom stereocenters. The highest BCUT2D eigenvalue weighted by molar-refractivity contribution is 5.18. The fourth-order valence-corrected chi connectivity index (χ4v) is 1.84. The first-order valence-corrected chi connectivity index (χ1v) is 5.26. The summed E-state index contributed by atoms with van der Waals surface area (Å²) in [5, 5.41) is 3.20. The van der Waals surface area contributed by atoms with E-state index < -0.39 is 0 Å². The fraction of sp³-hybridized carbons (Fsp3) is 0.727. The van der Waals surface area contributed by atoms with Crippen molar-refractivity contribution in [2.24, 2.45) is 5.41 Å². The Hall–Kier alpha value is -0.830. The van der Waals surface area contributed by atoms with Gasteiger partial charge in [0.15, 0.2) is 0 Å². The third-order valence-corrected chi connectivity index (χ3v) is 3.36. The standard InChI is InChI=1S/C11H19N3/c1-7(12-4)9-6-13-10(14-9)8-5-11(8,2)3/h6-8,12H,5H2,1-4H3,(H,13,14). The molecule has 14 heavy (non-hydrogen) atoms. The highest BCUT2D eigenvalue weighted by Crippen LogP contribution is 2.57. The SMILES string of the molecule is CNC(C)c1cnc(C2CC2(C)C)[nH]1. The Morgan fingerprint density at radius 3 is 2.79 bits per heavy atom. The molecule has 0 aromatic carbocycles. The van der Waals surface area contributed by atoms with E-state index in [1.807, 2.05) is 13.2 Å². The van der Waals surface area contributed by atoms with Crippen LogP contribution in [0, 0.1) is 5.41 Å². The third kappa shape index (κ3) is 1.57. The maximum absolute atomic E-state index is 4.45.